The Balaban J connectivity index is 2.77. The van der Waals surface area contributed by atoms with E-state index < -0.39 is 12.3 Å². The standard InChI is InChI=1S/C9H11FO/c1-7(10)9(11)8-5-3-2-4-6-8/h2-7,9,11H,1H3/t7-,9-/m0/s1. The molecule has 0 bridgehead atoms. The van der Waals surface area contributed by atoms with E-state index in [1.165, 1.54) is 6.92 Å². The molecule has 0 amide bonds. The van der Waals surface area contributed by atoms with Crippen LogP contribution in [0.1, 0.15) is 18.6 Å². The summed E-state index contributed by atoms with van der Waals surface area (Å²) in [4.78, 5) is 0. The molecule has 1 N–H and O–H groups in total. The van der Waals surface area contributed by atoms with Crippen LogP contribution in [0.25, 0.3) is 0 Å². The van der Waals surface area contributed by atoms with E-state index in [1.807, 2.05) is 6.07 Å². The second-order valence-corrected chi connectivity index (χ2v) is 2.53. The van der Waals surface area contributed by atoms with Crippen molar-refractivity contribution in [1.82, 2.24) is 0 Å². The van der Waals surface area contributed by atoms with Gasteiger partial charge >= 0.3 is 0 Å². The maximum atomic E-state index is 12.5. The highest BCUT2D eigenvalue weighted by Gasteiger charge is 2.13. The molecule has 0 aliphatic heterocycles. The molecule has 2 heteroatoms. The lowest BCUT2D eigenvalue weighted by Crippen LogP contribution is -2.08. The lowest BCUT2D eigenvalue weighted by Gasteiger charge is -2.10. The molecule has 0 saturated carbocycles. The quantitative estimate of drug-likeness (QED) is 0.691. The molecule has 2 atom stereocenters. The van der Waals surface area contributed by atoms with Crippen molar-refractivity contribution in [3.63, 3.8) is 0 Å². The molecule has 0 spiro atoms. The number of aliphatic hydroxyl groups excluding tert-OH is 1. The van der Waals surface area contributed by atoms with Crippen LogP contribution >= 0.6 is 0 Å². The maximum absolute atomic E-state index is 12.5. The largest absolute Gasteiger partial charge is 0.385 e. The molecular weight excluding hydrogens is 143 g/mol. The highest BCUT2D eigenvalue weighted by Crippen LogP contribution is 2.17. The number of aliphatic hydroxyl groups is 1. The number of benzene rings is 1. The maximum Gasteiger partial charge on any atom is 0.127 e. The average Bonchev–Trinajstić information content (AvgIpc) is 2.05. The Hall–Kier alpha value is -0.890. The van der Waals surface area contributed by atoms with Gasteiger partial charge in [0.2, 0.25) is 0 Å². The Labute approximate surface area is 65.5 Å². The predicted octanol–water partition coefficient (Wildman–Crippen LogP) is 2.08. The molecule has 1 rings (SSSR count). The number of rotatable bonds is 2. The van der Waals surface area contributed by atoms with Gasteiger partial charge in [0.1, 0.15) is 12.3 Å². The second-order valence-electron chi connectivity index (χ2n) is 2.53. The molecular formula is C9H11FO. The molecule has 1 nitrogen and oxygen atoms in total. The molecule has 1 aromatic carbocycles. The summed E-state index contributed by atoms with van der Waals surface area (Å²) in [6, 6.07) is 8.81. The summed E-state index contributed by atoms with van der Waals surface area (Å²) in [5, 5.41) is 9.22. The molecule has 0 radical (unpaired) electrons. The molecule has 0 aliphatic carbocycles. The summed E-state index contributed by atoms with van der Waals surface area (Å²) in [5.74, 6) is 0. The van der Waals surface area contributed by atoms with Crippen molar-refractivity contribution >= 4 is 0 Å². The van der Waals surface area contributed by atoms with Gasteiger partial charge in [-0.3, -0.25) is 0 Å². The summed E-state index contributed by atoms with van der Waals surface area (Å²) in [6.45, 7) is 1.34. The van der Waals surface area contributed by atoms with Crippen molar-refractivity contribution in [1.29, 1.82) is 0 Å². The van der Waals surface area contributed by atoms with E-state index in [-0.39, 0.29) is 0 Å². The van der Waals surface area contributed by atoms with Gasteiger partial charge in [0.25, 0.3) is 0 Å². The van der Waals surface area contributed by atoms with E-state index in [1.54, 1.807) is 24.3 Å². The second kappa shape index (κ2) is 3.49. The highest BCUT2D eigenvalue weighted by molar-refractivity contribution is 5.17. The van der Waals surface area contributed by atoms with E-state index in [0.717, 1.165) is 0 Å². The van der Waals surface area contributed by atoms with Gasteiger partial charge in [-0.2, -0.15) is 0 Å². The monoisotopic (exact) mass is 154 g/mol. The van der Waals surface area contributed by atoms with Gasteiger partial charge in [-0.25, -0.2) is 4.39 Å². The fourth-order valence-electron chi connectivity index (χ4n) is 0.915. The van der Waals surface area contributed by atoms with Crippen LogP contribution in [0.2, 0.25) is 0 Å². The van der Waals surface area contributed by atoms with Crippen LogP contribution in [0.3, 0.4) is 0 Å². The van der Waals surface area contributed by atoms with Crippen LogP contribution < -0.4 is 0 Å². The van der Waals surface area contributed by atoms with Gasteiger partial charge in [-0.1, -0.05) is 30.3 Å². The molecule has 0 saturated heterocycles. The smallest absolute Gasteiger partial charge is 0.127 e. The van der Waals surface area contributed by atoms with Crippen LogP contribution in [0.5, 0.6) is 0 Å². The third-order valence-electron chi connectivity index (χ3n) is 1.58. The van der Waals surface area contributed by atoms with Crippen LogP contribution in [-0.4, -0.2) is 11.3 Å². The fraction of sp³-hybridized carbons (Fsp3) is 0.333. The van der Waals surface area contributed by atoms with Crippen LogP contribution in [0.4, 0.5) is 4.39 Å². The molecule has 0 fully saturated rings. The molecule has 0 unspecified atom stereocenters. The number of halogens is 1. The zero-order valence-corrected chi connectivity index (χ0v) is 6.37. The van der Waals surface area contributed by atoms with E-state index in [4.69, 9.17) is 0 Å². The number of hydrogen-bond acceptors (Lipinski definition) is 1. The minimum absolute atomic E-state index is 0.627. The van der Waals surface area contributed by atoms with Crippen molar-refractivity contribution < 1.29 is 9.50 Å². The summed E-state index contributed by atoms with van der Waals surface area (Å²) < 4.78 is 12.5. The van der Waals surface area contributed by atoms with Crippen LogP contribution in [0, 0.1) is 0 Å². The molecule has 60 valence electrons. The molecule has 11 heavy (non-hydrogen) atoms. The Morgan fingerprint density at radius 1 is 1.27 bits per heavy atom. The zero-order chi connectivity index (χ0) is 8.27. The molecule has 1 aromatic rings. The summed E-state index contributed by atoms with van der Waals surface area (Å²) >= 11 is 0. The van der Waals surface area contributed by atoms with Gasteiger partial charge in [0, 0.05) is 0 Å². The van der Waals surface area contributed by atoms with Crippen LogP contribution in [-0.2, 0) is 0 Å². The van der Waals surface area contributed by atoms with E-state index in [9.17, 15) is 9.50 Å². The first kappa shape index (κ1) is 8.21. The Bertz CT molecular complexity index is 208. The SMILES string of the molecule is C[C@H](F)[C@H](O)c1ccccc1. The number of alkyl halides is 1. The Kier molecular flexibility index (Phi) is 2.60. The van der Waals surface area contributed by atoms with Crippen molar-refractivity contribution in [2.24, 2.45) is 0 Å². The van der Waals surface area contributed by atoms with Gasteiger partial charge in [-0.05, 0) is 12.5 Å². The zero-order valence-electron chi connectivity index (χ0n) is 6.37. The van der Waals surface area contributed by atoms with Crippen molar-refractivity contribution in [3.05, 3.63) is 35.9 Å². The normalized spacial score (nSPS) is 15.9. The van der Waals surface area contributed by atoms with E-state index >= 15 is 0 Å². The molecule has 0 aromatic heterocycles. The molecule has 0 aliphatic rings. The number of hydrogen-bond donors (Lipinski definition) is 1. The predicted molar refractivity (Wildman–Crippen MR) is 42.0 cm³/mol. The Morgan fingerprint density at radius 3 is 2.27 bits per heavy atom. The minimum Gasteiger partial charge on any atom is -0.385 e. The van der Waals surface area contributed by atoms with E-state index in [2.05, 4.69) is 0 Å². The summed E-state index contributed by atoms with van der Waals surface area (Å²) in [7, 11) is 0. The first-order chi connectivity index (χ1) is 5.22. The van der Waals surface area contributed by atoms with Gasteiger partial charge in [0.05, 0.1) is 0 Å². The van der Waals surface area contributed by atoms with Gasteiger partial charge in [0.15, 0.2) is 0 Å². The van der Waals surface area contributed by atoms with Gasteiger partial charge < -0.3 is 5.11 Å². The lowest BCUT2D eigenvalue weighted by atomic mass is 10.1. The third kappa shape index (κ3) is 2.02. The van der Waals surface area contributed by atoms with Crippen molar-refractivity contribution in [2.75, 3.05) is 0 Å². The first-order valence-electron chi connectivity index (χ1n) is 3.59. The fourth-order valence-corrected chi connectivity index (χ4v) is 0.915. The molecule has 0 heterocycles. The first-order valence-corrected chi connectivity index (χ1v) is 3.59. The Morgan fingerprint density at radius 2 is 1.82 bits per heavy atom. The van der Waals surface area contributed by atoms with Crippen LogP contribution in [0.15, 0.2) is 30.3 Å². The van der Waals surface area contributed by atoms with E-state index in [0.29, 0.717) is 5.56 Å². The highest BCUT2D eigenvalue weighted by atomic mass is 19.1. The topological polar surface area (TPSA) is 20.2 Å². The lowest BCUT2D eigenvalue weighted by molar-refractivity contribution is 0.0883. The summed E-state index contributed by atoms with van der Waals surface area (Å²) in [5.41, 5.74) is 0.627. The van der Waals surface area contributed by atoms with Gasteiger partial charge in [-0.15, -0.1) is 0 Å². The minimum atomic E-state index is -1.21. The van der Waals surface area contributed by atoms with Crippen molar-refractivity contribution in [2.45, 2.75) is 19.2 Å². The third-order valence-corrected chi connectivity index (χ3v) is 1.58. The summed E-state index contributed by atoms with van der Waals surface area (Å²) in [6.07, 6.45) is -2.20. The average molecular weight is 154 g/mol. The van der Waals surface area contributed by atoms with Crippen molar-refractivity contribution in [3.8, 4) is 0 Å².